The molecule has 0 amide bonds. The van der Waals surface area contributed by atoms with Gasteiger partial charge in [0.05, 0.1) is 0 Å². The second-order valence-electron chi connectivity index (χ2n) is 5.97. The fraction of sp³-hybridized carbons (Fsp3) is 0.333. The molecule has 2 aromatic rings. The van der Waals surface area contributed by atoms with E-state index in [2.05, 4.69) is 15.3 Å². The van der Waals surface area contributed by atoms with E-state index < -0.39 is 11.9 Å². The molecule has 144 valence electrons. The maximum absolute atomic E-state index is 11.0. The van der Waals surface area contributed by atoms with Crippen molar-refractivity contribution in [1.29, 1.82) is 0 Å². The van der Waals surface area contributed by atoms with Gasteiger partial charge >= 0.3 is 11.9 Å². The lowest BCUT2D eigenvalue weighted by Gasteiger charge is -2.21. The van der Waals surface area contributed by atoms with Crippen LogP contribution in [0.1, 0.15) is 21.0 Å². The summed E-state index contributed by atoms with van der Waals surface area (Å²) in [6.07, 6.45) is 0. The molecule has 0 spiro atoms. The molecule has 9 nitrogen and oxygen atoms in total. The summed E-state index contributed by atoms with van der Waals surface area (Å²) in [6.45, 7) is 2.69. The Morgan fingerprint density at radius 3 is 1.63 bits per heavy atom. The number of carbonyl (C=O) groups is 2. The molecule has 27 heavy (non-hydrogen) atoms. The van der Waals surface area contributed by atoms with Crippen molar-refractivity contribution in [1.82, 2.24) is 15.3 Å². The Kier molecular flexibility index (Phi) is 7.07. The summed E-state index contributed by atoms with van der Waals surface area (Å²) in [4.78, 5) is 33.9. The second-order valence-corrected chi connectivity index (χ2v) is 5.97. The van der Waals surface area contributed by atoms with Crippen LogP contribution in [0, 0.1) is 0 Å². The van der Waals surface area contributed by atoms with Gasteiger partial charge in [0.1, 0.15) is 11.6 Å². The molecule has 2 heterocycles. The number of nitrogens with zero attached hydrogens (tertiary/aromatic N) is 4. The molecule has 0 saturated heterocycles. The maximum Gasteiger partial charge on any atom is 0.354 e. The topological polar surface area (TPSA) is 119 Å². The van der Waals surface area contributed by atoms with E-state index in [1.54, 1.807) is 24.3 Å². The summed E-state index contributed by atoms with van der Waals surface area (Å²) in [5.74, 6) is -0.897. The number of nitrogens with one attached hydrogen (secondary N) is 1. The zero-order valence-corrected chi connectivity index (χ0v) is 15.3. The second kappa shape index (κ2) is 9.48. The highest BCUT2D eigenvalue weighted by Crippen LogP contribution is 2.10. The fourth-order valence-electron chi connectivity index (χ4n) is 2.36. The first-order chi connectivity index (χ1) is 12.9. The van der Waals surface area contributed by atoms with Crippen LogP contribution in [0.15, 0.2) is 36.4 Å². The molecule has 0 aliphatic heterocycles. The first-order valence-electron chi connectivity index (χ1n) is 8.42. The number of aromatic nitrogens is 2. The first-order valence-corrected chi connectivity index (χ1v) is 8.42. The summed E-state index contributed by atoms with van der Waals surface area (Å²) in [5, 5.41) is 21.3. The SMILES string of the molecule is CN(CCNCCN(C)c1cccc(C(=O)O)n1)c1cccc(C(=O)O)n1. The van der Waals surface area contributed by atoms with Crippen molar-refractivity contribution in [3.05, 3.63) is 47.8 Å². The molecule has 2 aromatic heterocycles. The monoisotopic (exact) mass is 373 g/mol. The highest BCUT2D eigenvalue weighted by molar-refractivity contribution is 5.86. The number of pyridine rings is 2. The zero-order chi connectivity index (χ0) is 19.8. The lowest BCUT2D eigenvalue weighted by molar-refractivity contribution is 0.0680. The van der Waals surface area contributed by atoms with Crippen LogP contribution in [0.3, 0.4) is 0 Å². The predicted octanol–water partition coefficient (Wildman–Crippen LogP) is 1.04. The Labute approximate surface area is 157 Å². The summed E-state index contributed by atoms with van der Waals surface area (Å²) in [7, 11) is 3.70. The van der Waals surface area contributed by atoms with Crippen LogP contribution in [-0.2, 0) is 0 Å². The predicted molar refractivity (Wildman–Crippen MR) is 102 cm³/mol. The quantitative estimate of drug-likeness (QED) is 0.525. The number of aromatic carboxylic acids is 2. The van der Waals surface area contributed by atoms with Crippen LogP contribution in [0.4, 0.5) is 11.6 Å². The van der Waals surface area contributed by atoms with Crippen molar-refractivity contribution in [2.45, 2.75) is 0 Å². The van der Waals surface area contributed by atoms with Crippen LogP contribution in [-0.4, -0.2) is 72.4 Å². The number of carboxylic acids is 2. The molecule has 3 N–H and O–H groups in total. The molecule has 0 aromatic carbocycles. The standard InChI is InChI=1S/C18H23N5O4/c1-22(15-7-3-5-13(20-15)17(24)25)11-9-19-10-12-23(2)16-8-4-6-14(21-16)18(26)27/h3-8,19H,9-12H2,1-2H3,(H,24,25)(H,26,27). The summed E-state index contributed by atoms with van der Waals surface area (Å²) in [5.41, 5.74) is 0.0371. The molecule has 0 fully saturated rings. The van der Waals surface area contributed by atoms with E-state index in [0.29, 0.717) is 37.8 Å². The molecular formula is C18H23N5O4. The van der Waals surface area contributed by atoms with Gasteiger partial charge in [-0.05, 0) is 24.3 Å². The van der Waals surface area contributed by atoms with Crippen LogP contribution in [0.25, 0.3) is 0 Å². The molecule has 0 radical (unpaired) electrons. The number of carboxylic acid groups (broad SMARTS) is 2. The van der Waals surface area contributed by atoms with E-state index in [9.17, 15) is 9.59 Å². The van der Waals surface area contributed by atoms with E-state index >= 15 is 0 Å². The third-order valence-corrected chi connectivity index (χ3v) is 3.94. The number of hydrogen-bond acceptors (Lipinski definition) is 7. The molecular weight excluding hydrogens is 350 g/mol. The molecule has 0 unspecified atom stereocenters. The van der Waals surface area contributed by atoms with Crippen molar-refractivity contribution in [3.8, 4) is 0 Å². The van der Waals surface area contributed by atoms with Gasteiger partial charge in [0, 0.05) is 40.3 Å². The lowest BCUT2D eigenvalue weighted by Crippen LogP contribution is -2.34. The van der Waals surface area contributed by atoms with Gasteiger partial charge in [-0.25, -0.2) is 19.6 Å². The molecule has 0 aliphatic carbocycles. The van der Waals surface area contributed by atoms with E-state index in [1.807, 2.05) is 23.9 Å². The van der Waals surface area contributed by atoms with E-state index in [-0.39, 0.29) is 11.4 Å². The fourth-order valence-corrected chi connectivity index (χ4v) is 2.36. The smallest absolute Gasteiger partial charge is 0.354 e. The van der Waals surface area contributed by atoms with Crippen molar-refractivity contribution in [3.63, 3.8) is 0 Å². The summed E-state index contributed by atoms with van der Waals surface area (Å²) >= 11 is 0. The van der Waals surface area contributed by atoms with Gasteiger partial charge in [-0.2, -0.15) is 0 Å². The van der Waals surface area contributed by atoms with E-state index in [1.165, 1.54) is 12.1 Å². The normalized spacial score (nSPS) is 10.4. The van der Waals surface area contributed by atoms with Gasteiger partial charge < -0.3 is 25.3 Å². The number of hydrogen-bond donors (Lipinski definition) is 3. The number of rotatable bonds is 10. The minimum Gasteiger partial charge on any atom is -0.477 e. The van der Waals surface area contributed by atoms with Gasteiger partial charge in [0.2, 0.25) is 0 Å². The van der Waals surface area contributed by atoms with Crippen LogP contribution in [0.2, 0.25) is 0 Å². The third-order valence-electron chi connectivity index (χ3n) is 3.94. The highest BCUT2D eigenvalue weighted by Gasteiger charge is 2.09. The van der Waals surface area contributed by atoms with E-state index in [4.69, 9.17) is 10.2 Å². The van der Waals surface area contributed by atoms with Gasteiger partial charge in [-0.3, -0.25) is 0 Å². The Bertz CT molecular complexity index is 733. The summed E-state index contributed by atoms with van der Waals surface area (Å²) in [6, 6.07) is 9.79. The van der Waals surface area contributed by atoms with Crippen LogP contribution >= 0.6 is 0 Å². The largest absolute Gasteiger partial charge is 0.477 e. The minimum atomic E-state index is -1.05. The van der Waals surface area contributed by atoms with Gasteiger partial charge in [0.15, 0.2) is 11.4 Å². The molecule has 0 bridgehead atoms. The van der Waals surface area contributed by atoms with Gasteiger partial charge in [0.25, 0.3) is 0 Å². The van der Waals surface area contributed by atoms with Gasteiger partial charge in [-0.1, -0.05) is 12.1 Å². The van der Waals surface area contributed by atoms with Crippen molar-refractivity contribution in [2.24, 2.45) is 0 Å². The molecule has 0 atom stereocenters. The average molecular weight is 373 g/mol. The third kappa shape index (κ3) is 5.93. The minimum absolute atomic E-state index is 0.0185. The lowest BCUT2D eigenvalue weighted by atomic mass is 10.3. The Morgan fingerprint density at radius 2 is 1.26 bits per heavy atom. The number of anilines is 2. The van der Waals surface area contributed by atoms with Crippen molar-refractivity contribution < 1.29 is 19.8 Å². The van der Waals surface area contributed by atoms with Crippen molar-refractivity contribution >= 4 is 23.6 Å². The average Bonchev–Trinajstić information content (AvgIpc) is 2.67. The molecule has 0 aliphatic rings. The Morgan fingerprint density at radius 1 is 0.852 bits per heavy atom. The molecule has 9 heteroatoms. The molecule has 2 rings (SSSR count). The van der Waals surface area contributed by atoms with Gasteiger partial charge in [-0.15, -0.1) is 0 Å². The summed E-state index contributed by atoms with van der Waals surface area (Å²) < 4.78 is 0. The first kappa shape index (κ1) is 20.1. The maximum atomic E-state index is 11.0. The highest BCUT2D eigenvalue weighted by atomic mass is 16.4. The zero-order valence-electron chi connectivity index (χ0n) is 15.3. The Balaban J connectivity index is 1.75. The number of likely N-dealkylation sites (N-methyl/N-ethyl adjacent to an activating group) is 2. The molecule has 0 saturated carbocycles. The van der Waals surface area contributed by atoms with Crippen LogP contribution in [0.5, 0.6) is 0 Å². The van der Waals surface area contributed by atoms with Crippen molar-refractivity contribution in [2.75, 3.05) is 50.1 Å². The van der Waals surface area contributed by atoms with Crippen LogP contribution < -0.4 is 15.1 Å². The Hall–Kier alpha value is -3.20. The van der Waals surface area contributed by atoms with E-state index in [0.717, 1.165) is 0 Å².